The minimum atomic E-state index is -0.0791. The number of ether oxygens (including phenoxy) is 2. The number of rotatable bonds is 7. The number of hydrogen-bond acceptors (Lipinski definition) is 3. The third-order valence-electron chi connectivity index (χ3n) is 3.66. The molecule has 19 heavy (non-hydrogen) atoms. The molecule has 1 aliphatic rings. The molecule has 1 aromatic rings. The van der Waals surface area contributed by atoms with Crippen LogP contribution in [0, 0.1) is 0 Å². The molecule has 0 spiro atoms. The lowest BCUT2D eigenvalue weighted by Crippen LogP contribution is -2.34. The summed E-state index contributed by atoms with van der Waals surface area (Å²) < 4.78 is 11.2. The third-order valence-corrected chi connectivity index (χ3v) is 3.66. The number of hydrogen-bond donors (Lipinski definition) is 0. The Kier molecular flexibility index (Phi) is 5.83. The number of likely N-dealkylation sites (tertiary alicyclic amines) is 1. The van der Waals surface area contributed by atoms with Gasteiger partial charge in [-0.1, -0.05) is 30.3 Å². The predicted octanol–water partition coefficient (Wildman–Crippen LogP) is 2.88. The molecule has 0 saturated carbocycles. The van der Waals surface area contributed by atoms with Gasteiger partial charge in [0.2, 0.25) is 0 Å². The second-order valence-corrected chi connectivity index (χ2v) is 5.00. The highest BCUT2D eigenvalue weighted by molar-refractivity contribution is 5.20. The fourth-order valence-corrected chi connectivity index (χ4v) is 2.73. The lowest BCUT2D eigenvalue weighted by molar-refractivity contribution is -0.145. The van der Waals surface area contributed by atoms with E-state index >= 15 is 0 Å². The molecule has 1 aromatic carbocycles. The van der Waals surface area contributed by atoms with Crippen molar-refractivity contribution in [3.8, 4) is 0 Å². The Morgan fingerprint density at radius 1 is 1.16 bits per heavy atom. The summed E-state index contributed by atoms with van der Waals surface area (Å²) >= 11 is 0. The van der Waals surface area contributed by atoms with Gasteiger partial charge in [-0.2, -0.15) is 0 Å². The van der Waals surface area contributed by atoms with Crippen LogP contribution < -0.4 is 0 Å². The molecular weight excluding hydrogens is 238 g/mol. The van der Waals surface area contributed by atoms with Crippen molar-refractivity contribution in [1.29, 1.82) is 0 Å². The monoisotopic (exact) mass is 263 g/mol. The van der Waals surface area contributed by atoms with Crippen LogP contribution in [0.15, 0.2) is 30.3 Å². The first kappa shape index (κ1) is 14.5. The average Bonchev–Trinajstić information content (AvgIpc) is 2.89. The van der Waals surface area contributed by atoms with E-state index in [0.717, 1.165) is 19.6 Å². The van der Waals surface area contributed by atoms with Crippen molar-refractivity contribution >= 4 is 0 Å². The second kappa shape index (κ2) is 7.63. The lowest BCUT2D eigenvalue weighted by Gasteiger charge is -2.23. The van der Waals surface area contributed by atoms with E-state index in [-0.39, 0.29) is 6.29 Å². The summed E-state index contributed by atoms with van der Waals surface area (Å²) in [5, 5.41) is 0. The Labute approximate surface area is 116 Å². The van der Waals surface area contributed by atoms with Crippen LogP contribution in [0.25, 0.3) is 0 Å². The average molecular weight is 263 g/mol. The maximum atomic E-state index is 5.62. The highest BCUT2D eigenvalue weighted by atomic mass is 16.7. The molecule has 1 aliphatic heterocycles. The van der Waals surface area contributed by atoms with Gasteiger partial charge in [0.15, 0.2) is 6.29 Å². The number of nitrogens with zero attached hydrogens (tertiary/aromatic N) is 1. The summed E-state index contributed by atoms with van der Waals surface area (Å²) in [6, 6.07) is 10.8. The Bertz CT molecular complexity index is 349. The highest BCUT2D eigenvalue weighted by Gasteiger charge is 2.25. The first-order valence-corrected chi connectivity index (χ1v) is 7.34. The largest absolute Gasteiger partial charge is 0.352 e. The van der Waals surface area contributed by atoms with Crippen LogP contribution in [0.1, 0.15) is 31.7 Å². The van der Waals surface area contributed by atoms with Crippen molar-refractivity contribution in [3.05, 3.63) is 35.9 Å². The van der Waals surface area contributed by atoms with Crippen molar-refractivity contribution in [2.24, 2.45) is 0 Å². The smallest absolute Gasteiger partial charge is 0.170 e. The normalized spacial score (nSPS) is 20.3. The molecule has 3 heteroatoms. The van der Waals surface area contributed by atoms with Crippen molar-refractivity contribution in [2.75, 3.05) is 32.8 Å². The standard InChI is InChI=1S/C16H25NO2/c1-3-18-16(19-4-2)13-17-11-10-15(12-17)14-8-6-5-7-9-14/h5-9,15-16H,3-4,10-13H2,1-2H3. The molecule has 1 atom stereocenters. The fraction of sp³-hybridized carbons (Fsp3) is 0.625. The van der Waals surface area contributed by atoms with Gasteiger partial charge in [0.05, 0.1) is 0 Å². The molecule has 0 amide bonds. The SMILES string of the molecule is CCOC(CN1CCC(c2ccccc2)C1)OCC. The van der Waals surface area contributed by atoms with E-state index in [9.17, 15) is 0 Å². The summed E-state index contributed by atoms with van der Waals surface area (Å²) in [5.41, 5.74) is 1.45. The molecule has 0 bridgehead atoms. The Hall–Kier alpha value is -0.900. The minimum absolute atomic E-state index is 0.0791. The molecule has 0 N–H and O–H groups in total. The van der Waals surface area contributed by atoms with Crippen LogP contribution in [0.5, 0.6) is 0 Å². The van der Waals surface area contributed by atoms with Crippen LogP contribution in [-0.4, -0.2) is 44.0 Å². The Morgan fingerprint density at radius 2 is 1.84 bits per heavy atom. The van der Waals surface area contributed by atoms with Gasteiger partial charge in [-0.15, -0.1) is 0 Å². The van der Waals surface area contributed by atoms with Crippen LogP contribution in [-0.2, 0) is 9.47 Å². The van der Waals surface area contributed by atoms with E-state index < -0.39 is 0 Å². The van der Waals surface area contributed by atoms with E-state index in [1.165, 1.54) is 12.0 Å². The van der Waals surface area contributed by atoms with Gasteiger partial charge >= 0.3 is 0 Å². The van der Waals surface area contributed by atoms with Crippen LogP contribution in [0.4, 0.5) is 0 Å². The zero-order valence-electron chi connectivity index (χ0n) is 12.0. The molecule has 1 saturated heterocycles. The van der Waals surface area contributed by atoms with Crippen LogP contribution in [0.2, 0.25) is 0 Å². The van der Waals surface area contributed by atoms with E-state index in [2.05, 4.69) is 35.2 Å². The van der Waals surface area contributed by atoms with Gasteiger partial charge in [0, 0.05) is 26.3 Å². The van der Waals surface area contributed by atoms with Gasteiger partial charge in [-0.3, -0.25) is 4.90 Å². The molecule has 0 aromatic heterocycles. The highest BCUT2D eigenvalue weighted by Crippen LogP contribution is 2.27. The Balaban J connectivity index is 1.84. The van der Waals surface area contributed by atoms with Gasteiger partial charge < -0.3 is 9.47 Å². The lowest BCUT2D eigenvalue weighted by atomic mass is 9.99. The van der Waals surface area contributed by atoms with Crippen molar-refractivity contribution in [2.45, 2.75) is 32.5 Å². The van der Waals surface area contributed by atoms with E-state index in [0.29, 0.717) is 19.1 Å². The first-order chi connectivity index (χ1) is 9.33. The quantitative estimate of drug-likeness (QED) is 0.706. The molecule has 1 heterocycles. The summed E-state index contributed by atoms with van der Waals surface area (Å²) in [4.78, 5) is 2.45. The zero-order valence-corrected chi connectivity index (χ0v) is 12.0. The molecule has 0 aliphatic carbocycles. The van der Waals surface area contributed by atoms with E-state index in [1.54, 1.807) is 0 Å². The summed E-state index contributed by atoms with van der Waals surface area (Å²) in [5.74, 6) is 0.658. The predicted molar refractivity (Wildman–Crippen MR) is 77.3 cm³/mol. The van der Waals surface area contributed by atoms with Gasteiger partial charge in [0.1, 0.15) is 0 Å². The summed E-state index contributed by atoms with van der Waals surface area (Å²) in [6.07, 6.45) is 1.15. The maximum absolute atomic E-state index is 5.62. The molecule has 1 unspecified atom stereocenters. The molecule has 3 nitrogen and oxygen atoms in total. The van der Waals surface area contributed by atoms with Gasteiger partial charge in [-0.05, 0) is 38.3 Å². The number of benzene rings is 1. The van der Waals surface area contributed by atoms with Crippen LogP contribution >= 0.6 is 0 Å². The van der Waals surface area contributed by atoms with Crippen LogP contribution in [0.3, 0.4) is 0 Å². The molecule has 106 valence electrons. The zero-order chi connectivity index (χ0) is 13.5. The molecular formula is C16H25NO2. The minimum Gasteiger partial charge on any atom is -0.352 e. The third kappa shape index (κ3) is 4.30. The molecule has 2 rings (SSSR count). The topological polar surface area (TPSA) is 21.7 Å². The van der Waals surface area contributed by atoms with Crippen molar-refractivity contribution in [3.63, 3.8) is 0 Å². The van der Waals surface area contributed by atoms with Crippen molar-refractivity contribution < 1.29 is 9.47 Å². The summed E-state index contributed by atoms with van der Waals surface area (Å²) in [6.45, 7) is 8.58. The first-order valence-electron chi connectivity index (χ1n) is 7.34. The van der Waals surface area contributed by atoms with Gasteiger partial charge in [0.25, 0.3) is 0 Å². The maximum Gasteiger partial charge on any atom is 0.170 e. The molecule has 1 fully saturated rings. The fourth-order valence-electron chi connectivity index (χ4n) is 2.73. The Morgan fingerprint density at radius 3 is 2.47 bits per heavy atom. The van der Waals surface area contributed by atoms with E-state index in [1.807, 2.05) is 13.8 Å². The summed E-state index contributed by atoms with van der Waals surface area (Å²) in [7, 11) is 0. The molecule has 0 radical (unpaired) electrons. The van der Waals surface area contributed by atoms with Crippen molar-refractivity contribution in [1.82, 2.24) is 4.90 Å². The van der Waals surface area contributed by atoms with Gasteiger partial charge in [-0.25, -0.2) is 0 Å². The van der Waals surface area contributed by atoms with E-state index in [4.69, 9.17) is 9.47 Å². The second-order valence-electron chi connectivity index (χ2n) is 5.00.